The van der Waals surface area contributed by atoms with E-state index in [-0.39, 0.29) is 23.3 Å². The standard InChI is InChI=1S/C21H26N4O3S/c1-16-4-6-18(7-5-16)24-20(27)15-29-14-19(26)23-13-17-3-2-8-22-21(17)25-9-11-28-12-10-25/h2-8H,9-15H2,1H3,(H,23,26)(H,24,27). The number of benzene rings is 1. The lowest BCUT2D eigenvalue weighted by atomic mass is 10.2. The molecule has 1 aliphatic heterocycles. The second-order valence-corrected chi connectivity index (χ2v) is 7.75. The fraction of sp³-hybridized carbons (Fsp3) is 0.381. The first kappa shape index (κ1) is 21.1. The fourth-order valence-corrected chi connectivity index (χ4v) is 3.59. The van der Waals surface area contributed by atoms with Crippen LogP contribution >= 0.6 is 11.8 Å². The van der Waals surface area contributed by atoms with Crippen LogP contribution in [0.2, 0.25) is 0 Å². The molecule has 2 aromatic rings. The molecule has 1 aromatic heterocycles. The van der Waals surface area contributed by atoms with E-state index in [0.29, 0.717) is 19.8 Å². The molecule has 0 spiro atoms. The summed E-state index contributed by atoms with van der Waals surface area (Å²) in [6.07, 6.45) is 1.76. The van der Waals surface area contributed by atoms with Crippen LogP contribution in [0.3, 0.4) is 0 Å². The van der Waals surface area contributed by atoms with Crippen molar-refractivity contribution in [1.82, 2.24) is 10.3 Å². The molecule has 0 unspecified atom stereocenters. The average Bonchev–Trinajstić information content (AvgIpc) is 2.75. The van der Waals surface area contributed by atoms with Crippen LogP contribution in [0.5, 0.6) is 0 Å². The molecule has 1 aliphatic rings. The highest BCUT2D eigenvalue weighted by molar-refractivity contribution is 8.00. The number of anilines is 2. The summed E-state index contributed by atoms with van der Waals surface area (Å²) in [7, 11) is 0. The summed E-state index contributed by atoms with van der Waals surface area (Å²) >= 11 is 1.29. The van der Waals surface area contributed by atoms with E-state index < -0.39 is 0 Å². The van der Waals surface area contributed by atoms with Gasteiger partial charge in [-0.05, 0) is 25.1 Å². The largest absolute Gasteiger partial charge is 0.378 e. The minimum atomic E-state index is -0.117. The monoisotopic (exact) mass is 414 g/mol. The summed E-state index contributed by atoms with van der Waals surface area (Å²) in [5, 5.41) is 5.75. The summed E-state index contributed by atoms with van der Waals surface area (Å²) in [5.41, 5.74) is 2.88. The van der Waals surface area contributed by atoms with Crippen LogP contribution in [0.1, 0.15) is 11.1 Å². The van der Waals surface area contributed by atoms with Crippen LogP contribution in [0.15, 0.2) is 42.6 Å². The van der Waals surface area contributed by atoms with Gasteiger partial charge in [0, 0.05) is 37.1 Å². The van der Waals surface area contributed by atoms with Gasteiger partial charge in [0.05, 0.1) is 24.7 Å². The van der Waals surface area contributed by atoms with Crippen LogP contribution in [-0.2, 0) is 20.9 Å². The molecule has 29 heavy (non-hydrogen) atoms. The van der Waals surface area contributed by atoms with Crippen molar-refractivity contribution in [3.05, 3.63) is 53.7 Å². The summed E-state index contributed by atoms with van der Waals surface area (Å²) in [6, 6.07) is 11.5. The molecule has 2 amide bonds. The zero-order valence-corrected chi connectivity index (χ0v) is 17.3. The van der Waals surface area contributed by atoms with Crippen molar-refractivity contribution >= 4 is 35.1 Å². The lowest BCUT2D eigenvalue weighted by Crippen LogP contribution is -2.38. The zero-order valence-electron chi connectivity index (χ0n) is 16.5. The molecular weight excluding hydrogens is 388 g/mol. The first-order chi connectivity index (χ1) is 14.1. The topological polar surface area (TPSA) is 83.6 Å². The Labute approximate surface area is 175 Å². The maximum Gasteiger partial charge on any atom is 0.234 e. The van der Waals surface area contributed by atoms with E-state index in [1.54, 1.807) is 6.20 Å². The third-order valence-corrected chi connectivity index (χ3v) is 5.39. The van der Waals surface area contributed by atoms with Crippen molar-refractivity contribution in [2.24, 2.45) is 0 Å². The molecule has 0 bridgehead atoms. The summed E-state index contributed by atoms with van der Waals surface area (Å²) < 4.78 is 5.39. The number of pyridine rings is 1. The maximum atomic E-state index is 12.2. The molecular formula is C21H26N4O3S. The predicted octanol–water partition coefficient (Wildman–Crippen LogP) is 2.21. The highest BCUT2D eigenvalue weighted by atomic mass is 32.2. The number of hydrogen-bond acceptors (Lipinski definition) is 6. The smallest absolute Gasteiger partial charge is 0.234 e. The highest BCUT2D eigenvalue weighted by Crippen LogP contribution is 2.18. The zero-order chi connectivity index (χ0) is 20.5. The number of amides is 2. The number of carbonyl (C=O) groups is 2. The van der Waals surface area contributed by atoms with Crippen LogP contribution < -0.4 is 15.5 Å². The van der Waals surface area contributed by atoms with E-state index in [9.17, 15) is 9.59 Å². The Morgan fingerprint density at radius 3 is 2.59 bits per heavy atom. The molecule has 7 nitrogen and oxygen atoms in total. The molecule has 0 radical (unpaired) electrons. The van der Waals surface area contributed by atoms with E-state index in [1.165, 1.54) is 11.8 Å². The lowest BCUT2D eigenvalue weighted by molar-refractivity contribution is -0.118. The number of ether oxygens (including phenoxy) is 1. The van der Waals surface area contributed by atoms with Gasteiger partial charge in [-0.3, -0.25) is 9.59 Å². The van der Waals surface area contributed by atoms with E-state index in [0.717, 1.165) is 35.7 Å². The van der Waals surface area contributed by atoms with Gasteiger partial charge in [-0.25, -0.2) is 4.98 Å². The highest BCUT2D eigenvalue weighted by Gasteiger charge is 2.16. The summed E-state index contributed by atoms with van der Waals surface area (Å²) in [6.45, 7) is 5.37. The minimum absolute atomic E-state index is 0.102. The summed E-state index contributed by atoms with van der Waals surface area (Å²) in [5.74, 6) is 1.13. The number of nitrogens with zero attached hydrogens (tertiary/aromatic N) is 2. The van der Waals surface area contributed by atoms with Gasteiger partial charge in [0.15, 0.2) is 0 Å². The Kier molecular flexibility index (Phi) is 7.89. The van der Waals surface area contributed by atoms with E-state index in [1.807, 2.05) is 43.3 Å². The molecule has 2 heterocycles. The predicted molar refractivity (Wildman–Crippen MR) is 116 cm³/mol. The molecule has 0 aliphatic carbocycles. The van der Waals surface area contributed by atoms with Crippen LogP contribution in [0.4, 0.5) is 11.5 Å². The fourth-order valence-electron chi connectivity index (χ4n) is 2.94. The van der Waals surface area contributed by atoms with Crippen molar-refractivity contribution in [1.29, 1.82) is 0 Å². The van der Waals surface area contributed by atoms with Crippen molar-refractivity contribution in [2.45, 2.75) is 13.5 Å². The molecule has 2 N–H and O–H groups in total. The Morgan fingerprint density at radius 2 is 1.83 bits per heavy atom. The normalized spacial score (nSPS) is 13.8. The van der Waals surface area contributed by atoms with E-state index in [4.69, 9.17) is 4.74 Å². The van der Waals surface area contributed by atoms with Crippen molar-refractivity contribution in [3.8, 4) is 0 Å². The Morgan fingerprint density at radius 1 is 1.10 bits per heavy atom. The third kappa shape index (κ3) is 6.76. The van der Waals surface area contributed by atoms with Crippen molar-refractivity contribution in [3.63, 3.8) is 0 Å². The van der Waals surface area contributed by atoms with Crippen molar-refractivity contribution < 1.29 is 14.3 Å². The second kappa shape index (κ2) is 10.8. The number of nitrogens with one attached hydrogen (secondary N) is 2. The Hall–Kier alpha value is -2.58. The molecule has 154 valence electrons. The molecule has 0 atom stereocenters. The number of hydrogen-bond donors (Lipinski definition) is 2. The maximum absolute atomic E-state index is 12.2. The average molecular weight is 415 g/mol. The molecule has 1 aromatic carbocycles. The SMILES string of the molecule is Cc1ccc(NC(=O)CSCC(=O)NCc2cccnc2N2CCOCC2)cc1. The first-order valence-corrected chi connectivity index (χ1v) is 10.7. The van der Waals surface area contributed by atoms with Crippen molar-refractivity contribution in [2.75, 3.05) is 48.0 Å². The number of morpholine rings is 1. The number of aryl methyl sites for hydroxylation is 1. The molecule has 0 saturated carbocycles. The van der Waals surface area contributed by atoms with Crippen LogP contribution in [0, 0.1) is 6.92 Å². The number of rotatable bonds is 8. The number of carbonyl (C=O) groups excluding carboxylic acids is 2. The van der Waals surface area contributed by atoms with Gasteiger partial charge in [-0.2, -0.15) is 0 Å². The minimum Gasteiger partial charge on any atom is -0.378 e. The Bertz CT molecular complexity index is 823. The van der Waals surface area contributed by atoms with Gasteiger partial charge in [0.2, 0.25) is 11.8 Å². The van der Waals surface area contributed by atoms with Gasteiger partial charge >= 0.3 is 0 Å². The number of thioether (sulfide) groups is 1. The third-order valence-electron chi connectivity index (χ3n) is 4.46. The van der Waals surface area contributed by atoms with Crippen LogP contribution in [0.25, 0.3) is 0 Å². The molecule has 1 saturated heterocycles. The molecule has 3 rings (SSSR count). The van der Waals surface area contributed by atoms with Gasteiger partial charge in [0.1, 0.15) is 5.82 Å². The van der Waals surface area contributed by atoms with Crippen LogP contribution in [-0.4, -0.2) is 54.6 Å². The lowest BCUT2D eigenvalue weighted by Gasteiger charge is -2.29. The first-order valence-electron chi connectivity index (χ1n) is 9.59. The van der Waals surface area contributed by atoms with Gasteiger partial charge in [-0.15, -0.1) is 11.8 Å². The number of aromatic nitrogens is 1. The Balaban J connectivity index is 1.40. The summed E-state index contributed by atoms with van der Waals surface area (Å²) in [4.78, 5) is 30.8. The molecule has 1 fully saturated rings. The quantitative estimate of drug-likeness (QED) is 0.689. The van der Waals surface area contributed by atoms with E-state index in [2.05, 4.69) is 20.5 Å². The van der Waals surface area contributed by atoms with Gasteiger partial charge in [-0.1, -0.05) is 23.8 Å². The van der Waals surface area contributed by atoms with Gasteiger partial charge < -0.3 is 20.3 Å². The van der Waals surface area contributed by atoms with Gasteiger partial charge in [0.25, 0.3) is 0 Å². The van der Waals surface area contributed by atoms with E-state index >= 15 is 0 Å². The second-order valence-electron chi connectivity index (χ2n) is 6.77. The molecule has 8 heteroatoms.